The van der Waals surface area contributed by atoms with Gasteiger partial charge in [0.05, 0.1) is 5.57 Å². The fraction of sp³-hybridized carbons (Fsp3) is 0.273. The molecule has 0 heterocycles. The van der Waals surface area contributed by atoms with Crippen molar-refractivity contribution in [3.8, 4) is 0 Å². The van der Waals surface area contributed by atoms with Gasteiger partial charge in [-0.25, -0.2) is 0 Å². The summed E-state index contributed by atoms with van der Waals surface area (Å²) in [5, 5.41) is 11.4. The Morgan fingerprint density at radius 2 is 1.38 bits per heavy atom. The van der Waals surface area contributed by atoms with E-state index in [0.717, 1.165) is 37.7 Å². The van der Waals surface area contributed by atoms with E-state index in [1.165, 1.54) is 0 Å². The number of fused-ring (bicyclic) bond motifs is 1. The molecule has 2 aromatic carbocycles. The zero-order valence-electron chi connectivity index (χ0n) is 14.3. The summed E-state index contributed by atoms with van der Waals surface area (Å²) in [6.07, 6.45) is 4.44. The molecule has 2 aliphatic carbocycles. The molecule has 2 aromatic rings. The Bertz CT molecular complexity index is 919. The van der Waals surface area contributed by atoms with Gasteiger partial charge in [-0.3, -0.25) is 9.59 Å². The minimum absolute atomic E-state index is 0.241. The summed E-state index contributed by atoms with van der Waals surface area (Å²) in [6.45, 7) is 0. The molecule has 4 heteroatoms. The molecule has 1 saturated carbocycles. The molecule has 26 heavy (non-hydrogen) atoms. The lowest BCUT2D eigenvalue weighted by Gasteiger charge is -2.40. The van der Waals surface area contributed by atoms with Crippen LogP contribution in [-0.4, -0.2) is 16.7 Å². The van der Waals surface area contributed by atoms with E-state index in [9.17, 15) is 14.7 Å². The standard InChI is InChI=1S/C22H19ClO3/c23-15-10-8-14(9-11-15)22(12-4-1-5-13-22)18-19(24)16-6-2-3-7-17(16)20(25)21(18)26/h2-3,6-11,26H,1,4-5,12-13H2. The maximum atomic E-state index is 13.3. The molecule has 3 nitrogen and oxygen atoms in total. The first-order valence-corrected chi connectivity index (χ1v) is 9.30. The quantitative estimate of drug-likeness (QED) is 0.770. The van der Waals surface area contributed by atoms with Gasteiger partial charge in [0, 0.05) is 21.6 Å². The summed E-state index contributed by atoms with van der Waals surface area (Å²) < 4.78 is 0. The lowest BCUT2D eigenvalue weighted by Crippen LogP contribution is -2.39. The van der Waals surface area contributed by atoms with Crippen LogP contribution in [0.3, 0.4) is 0 Å². The zero-order valence-corrected chi connectivity index (χ0v) is 15.1. The van der Waals surface area contributed by atoms with E-state index in [0.29, 0.717) is 10.6 Å². The summed E-state index contributed by atoms with van der Waals surface area (Å²) in [6, 6.07) is 14.1. The lowest BCUT2D eigenvalue weighted by molar-refractivity contribution is 0.0907. The minimum Gasteiger partial charge on any atom is -0.504 e. The fourth-order valence-corrected chi connectivity index (χ4v) is 4.54. The molecule has 0 aliphatic heterocycles. The van der Waals surface area contributed by atoms with Crippen LogP contribution in [0.1, 0.15) is 58.4 Å². The van der Waals surface area contributed by atoms with E-state index in [-0.39, 0.29) is 16.9 Å². The van der Waals surface area contributed by atoms with E-state index in [2.05, 4.69) is 0 Å². The number of aliphatic hydroxyl groups excluding tert-OH is 1. The van der Waals surface area contributed by atoms with Gasteiger partial charge in [0.2, 0.25) is 5.78 Å². The van der Waals surface area contributed by atoms with Crippen LogP contribution in [-0.2, 0) is 5.41 Å². The Kier molecular flexibility index (Phi) is 4.20. The first kappa shape index (κ1) is 17.0. The van der Waals surface area contributed by atoms with E-state index in [1.54, 1.807) is 36.4 Å². The average Bonchev–Trinajstić information content (AvgIpc) is 2.67. The number of ketones is 2. The topological polar surface area (TPSA) is 54.4 Å². The van der Waals surface area contributed by atoms with Gasteiger partial charge < -0.3 is 5.11 Å². The third-order valence-electron chi connectivity index (χ3n) is 5.68. The van der Waals surface area contributed by atoms with Gasteiger partial charge in [0.15, 0.2) is 11.5 Å². The van der Waals surface area contributed by atoms with E-state index >= 15 is 0 Å². The molecule has 0 radical (unpaired) electrons. The molecule has 0 bridgehead atoms. The highest BCUT2D eigenvalue weighted by molar-refractivity contribution is 6.30. The van der Waals surface area contributed by atoms with Crippen LogP contribution >= 0.6 is 11.6 Å². The first-order chi connectivity index (χ1) is 12.5. The first-order valence-electron chi connectivity index (χ1n) is 8.93. The van der Waals surface area contributed by atoms with Gasteiger partial charge in [0.1, 0.15) is 0 Å². The van der Waals surface area contributed by atoms with Crippen LogP contribution in [0, 0.1) is 0 Å². The largest absolute Gasteiger partial charge is 0.504 e. The molecule has 0 amide bonds. The maximum absolute atomic E-state index is 13.3. The van der Waals surface area contributed by atoms with Crippen molar-refractivity contribution in [1.29, 1.82) is 0 Å². The molecule has 0 spiro atoms. The number of hydrogen-bond acceptors (Lipinski definition) is 3. The summed E-state index contributed by atoms with van der Waals surface area (Å²) in [4.78, 5) is 26.1. The molecule has 0 saturated heterocycles. The summed E-state index contributed by atoms with van der Waals surface area (Å²) in [5.74, 6) is -1.10. The number of hydrogen-bond donors (Lipinski definition) is 1. The van der Waals surface area contributed by atoms with Gasteiger partial charge in [-0.1, -0.05) is 67.3 Å². The number of Topliss-reactive ketones (excluding diaryl/α,β-unsaturated/α-hetero) is 2. The summed E-state index contributed by atoms with van der Waals surface area (Å²) in [7, 11) is 0. The van der Waals surface area contributed by atoms with Crippen LogP contribution in [0.2, 0.25) is 5.02 Å². The zero-order chi connectivity index (χ0) is 18.3. The number of aliphatic hydroxyl groups is 1. The number of allylic oxidation sites excluding steroid dienone is 2. The number of carbonyl (C=O) groups excluding carboxylic acids is 2. The van der Waals surface area contributed by atoms with Crippen LogP contribution < -0.4 is 0 Å². The number of rotatable bonds is 2. The second kappa shape index (κ2) is 6.40. The van der Waals surface area contributed by atoms with Crippen LogP contribution in [0.25, 0.3) is 0 Å². The van der Waals surface area contributed by atoms with Crippen molar-refractivity contribution >= 4 is 23.2 Å². The Balaban J connectivity index is 1.94. The van der Waals surface area contributed by atoms with Crippen molar-refractivity contribution in [2.75, 3.05) is 0 Å². The second-order valence-electron chi connectivity index (χ2n) is 7.08. The molecule has 2 aliphatic rings. The van der Waals surface area contributed by atoms with Crippen molar-refractivity contribution in [3.05, 3.63) is 81.6 Å². The molecule has 0 unspecified atom stereocenters. The number of benzene rings is 2. The Morgan fingerprint density at radius 3 is 2.00 bits per heavy atom. The van der Waals surface area contributed by atoms with E-state index in [1.807, 2.05) is 12.1 Å². The van der Waals surface area contributed by atoms with E-state index < -0.39 is 17.0 Å². The number of halogens is 1. The van der Waals surface area contributed by atoms with Crippen LogP contribution in [0.4, 0.5) is 0 Å². The molecule has 0 atom stereocenters. The highest BCUT2D eigenvalue weighted by atomic mass is 35.5. The van der Waals surface area contributed by atoms with Crippen LogP contribution in [0.15, 0.2) is 59.9 Å². The van der Waals surface area contributed by atoms with Crippen LogP contribution in [0.5, 0.6) is 0 Å². The molecule has 4 rings (SSSR count). The Hall–Kier alpha value is -2.39. The summed E-state index contributed by atoms with van der Waals surface area (Å²) >= 11 is 6.05. The Labute approximate surface area is 157 Å². The Morgan fingerprint density at radius 1 is 0.808 bits per heavy atom. The third kappa shape index (κ3) is 2.50. The van der Waals surface area contributed by atoms with Gasteiger partial charge in [-0.15, -0.1) is 0 Å². The fourth-order valence-electron chi connectivity index (χ4n) is 4.41. The van der Waals surface area contributed by atoms with Crippen molar-refractivity contribution in [2.24, 2.45) is 0 Å². The van der Waals surface area contributed by atoms with Crippen molar-refractivity contribution in [2.45, 2.75) is 37.5 Å². The van der Waals surface area contributed by atoms with Gasteiger partial charge >= 0.3 is 0 Å². The minimum atomic E-state index is -0.646. The van der Waals surface area contributed by atoms with E-state index in [4.69, 9.17) is 11.6 Å². The third-order valence-corrected chi connectivity index (χ3v) is 5.93. The highest BCUT2D eigenvalue weighted by Crippen LogP contribution is 2.48. The van der Waals surface area contributed by atoms with Gasteiger partial charge in [-0.05, 0) is 30.5 Å². The lowest BCUT2D eigenvalue weighted by atomic mass is 9.61. The predicted octanol–water partition coefficient (Wildman–Crippen LogP) is 5.43. The highest BCUT2D eigenvalue weighted by Gasteiger charge is 2.46. The molecule has 1 N–H and O–H groups in total. The molecule has 0 aromatic heterocycles. The van der Waals surface area contributed by atoms with Gasteiger partial charge in [0.25, 0.3) is 0 Å². The maximum Gasteiger partial charge on any atom is 0.228 e. The SMILES string of the molecule is O=C1C(O)=C(C2(c3ccc(Cl)cc3)CCCCC2)C(=O)c2ccccc21. The second-order valence-corrected chi connectivity index (χ2v) is 7.51. The summed E-state index contributed by atoms with van der Waals surface area (Å²) in [5.41, 5.74) is 1.20. The predicted molar refractivity (Wildman–Crippen MR) is 101 cm³/mol. The molecule has 132 valence electrons. The monoisotopic (exact) mass is 366 g/mol. The smallest absolute Gasteiger partial charge is 0.228 e. The average molecular weight is 367 g/mol. The van der Waals surface area contributed by atoms with Crippen molar-refractivity contribution in [3.63, 3.8) is 0 Å². The van der Waals surface area contributed by atoms with Crippen molar-refractivity contribution in [1.82, 2.24) is 0 Å². The molecule has 1 fully saturated rings. The van der Waals surface area contributed by atoms with Crippen molar-refractivity contribution < 1.29 is 14.7 Å². The van der Waals surface area contributed by atoms with Gasteiger partial charge in [-0.2, -0.15) is 0 Å². The normalized spacial score (nSPS) is 19.4. The molecular formula is C22H19ClO3. The molecular weight excluding hydrogens is 348 g/mol. The number of carbonyl (C=O) groups is 2.